The second-order valence-corrected chi connectivity index (χ2v) is 12.2. The third-order valence-corrected chi connectivity index (χ3v) is 9.14. The number of unbranched alkanes of at least 4 members (excludes halogenated alkanes) is 1. The summed E-state index contributed by atoms with van der Waals surface area (Å²) in [5.74, 6) is -1.36. The Morgan fingerprint density at radius 2 is 1.76 bits per heavy atom. The zero-order chi connectivity index (χ0) is 27.2. The second-order valence-electron chi connectivity index (χ2n) is 9.03. The standard InChI is InChI=1S/C25H35N5O5S2/c1-5-7-14-29(4)37(34,35)19-10-8-18(9-11-19)23(32)26-25-22(24(33)28-27-17(3)31)20-12-15-30(13-6-2)16-21(20)36-25/h8-11H,5-7,12-16H2,1-4H3,(H,26,32)(H,27,31)(H,28,33). The Hall–Kier alpha value is -2.80. The van der Waals surface area contributed by atoms with Crippen LogP contribution < -0.4 is 16.2 Å². The summed E-state index contributed by atoms with van der Waals surface area (Å²) in [5, 5.41) is 3.23. The number of hydrazine groups is 1. The molecule has 0 unspecified atom stereocenters. The van der Waals surface area contributed by atoms with Crippen molar-refractivity contribution in [3.63, 3.8) is 0 Å². The predicted octanol–water partition coefficient (Wildman–Crippen LogP) is 2.97. The molecule has 1 aromatic carbocycles. The van der Waals surface area contributed by atoms with Crippen LogP contribution in [0, 0.1) is 0 Å². The highest BCUT2D eigenvalue weighted by molar-refractivity contribution is 7.89. The first kappa shape index (κ1) is 28.8. The lowest BCUT2D eigenvalue weighted by molar-refractivity contribution is -0.119. The molecule has 3 N–H and O–H groups in total. The molecule has 10 nitrogen and oxygen atoms in total. The molecule has 12 heteroatoms. The molecule has 0 bridgehead atoms. The minimum absolute atomic E-state index is 0.112. The number of carbonyl (C=O) groups excluding carboxylic acids is 3. The molecule has 1 aliphatic rings. The molecule has 0 saturated carbocycles. The summed E-state index contributed by atoms with van der Waals surface area (Å²) in [4.78, 5) is 40.8. The van der Waals surface area contributed by atoms with Gasteiger partial charge in [-0.25, -0.2) is 12.7 Å². The van der Waals surface area contributed by atoms with Gasteiger partial charge in [-0.2, -0.15) is 0 Å². The summed E-state index contributed by atoms with van der Waals surface area (Å²) in [6.45, 7) is 8.24. The van der Waals surface area contributed by atoms with Gasteiger partial charge in [0, 0.05) is 44.0 Å². The first-order valence-electron chi connectivity index (χ1n) is 12.4. The normalized spacial score (nSPS) is 13.8. The van der Waals surface area contributed by atoms with E-state index < -0.39 is 27.7 Å². The molecular weight excluding hydrogens is 514 g/mol. The number of rotatable bonds is 10. The molecule has 1 aliphatic heterocycles. The van der Waals surface area contributed by atoms with Crippen molar-refractivity contribution < 1.29 is 22.8 Å². The predicted molar refractivity (Wildman–Crippen MR) is 144 cm³/mol. The average Bonchev–Trinajstić information content (AvgIpc) is 3.22. The molecule has 3 amide bonds. The van der Waals surface area contributed by atoms with Crippen molar-refractivity contribution in [3.8, 4) is 0 Å². The van der Waals surface area contributed by atoms with Crippen molar-refractivity contribution in [3.05, 3.63) is 45.8 Å². The molecule has 0 radical (unpaired) electrons. The molecular formula is C25H35N5O5S2. The van der Waals surface area contributed by atoms with Crippen LogP contribution in [0.25, 0.3) is 0 Å². The van der Waals surface area contributed by atoms with E-state index >= 15 is 0 Å². The van der Waals surface area contributed by atoms with Crippen LogP contribution in [0.5, 0.6) is 0 Å². The van der Waals surface area contributed by atoms with Gasteiger partial charge in [-0.05, 0) is 55.6 Å². The number of benzene rings is 1. The molecule has 2 heterocycles. The van der Waals surface area contributed by atoms with E-state index in [1.54, 1.807) is 7.05 Å². The minimum atomic E-state index is -3.64. The van der Waals surface area contributed by atoms with Gasteiger partial charge in [-0.15, -0.1) is 11.3 Å². The molecule has 37 heavy (non-hydrogen) atoms. The average molecular weight is 550 g/mol. The largest absolute Gasteiger partial charge is 0.313 e. The fourth-order valence-corrected chi connectivity index (χ4v) is 6.63. The summed E-state index contributed by atoms with van der Waals surface area (Å²) in [6, 6.07) is 5.76. The fourth-order valence-electron chi connectivity index (χ4n) is 4.13. The van der Waals surface area contributed by atoms with Crippen LogP contribution in [0.3, 0.4) is 0 Å². The number of sulfonamides is 1. The highest BCUT2D eigenvalue weighted by Crippen LogP contribution is 2.37. The fraction of sp³-hybridized carbons (Fsp3) is 0.480. The Balaban J connectivity index is 1.84. The number of hydrogen-bond acceptors (Lipinski definition) is 7. The van der Waals surface area contributed by atoms with Crippen LogP contribution in [-0.2, 0) is 27.8 Å². The maximum absolute atomic E-state index is 13.1. The molecule has 3 rings (SSSR count). The Kier molecular flexibility index (Phi) is 9.82. The van der Waals surface area contributed by atoms with Gasteiger partial charge in [0.25, 0.3) is 11.8 Å². The van der Waals surface area contributed by atoms with Gasteiger partial charge >= 0.3 is 0 Å². The minimum Gasteiger partial charge on any atom is -0.313 e. The summed E-state index contributed by atoms with van der Waals surface area (Å²) in [7, 11) is -2.10. The lowest BCUT2D eigenvalue weighted by Gasteiger charge is -2.26. The summed E-state index contributed by atoms with van der Waals surface area (Å²) < 4.78 is 26.9. The van der Waals surface area contributed by atoms with Crippen molar-refractivity contribution in [1.29, 1.82) is 0 Å². The number of amides is 3. The topological polar surface area (TPSA) is 128 Å². The molecule has 0 atom stereocenters. The third-order valence-electron chi connectivity index (χ3n) is 6.13. The lowest BCUT2D eigenvalue weighted by Crippen LogP contribution is -2.41. The molecule has 0 fully saturated rings. The number of nitrogens with one attached hydrogen (secondary N) is 3. The van der Waals surface area contributed by atoms with Crippen molar-refractivity contribution in [1.82, 2.24) is 20.1 Å². The summed E-state index contributed by atoms with van der Waals surface area (Å²) in [6.07, 6.45) is 3.31. The van der Waals surface area contributed by atoms with Crippen molar-refractivity contribution in [2.45, 2.75) is 57.9 Å². The van der Waals surface area contributed by atoms with E-state index in [9.17, 15) is 22.8 Å². The van der Waals surface area contributed by atoms with Crippen LogP contribution >= 0.6 is 11.3 Å². The van der Waals surface area contributed by atoms with Gasteiger partial charge in [0.05, 0.1) is 10.5 Å². The third kappa shape index (κ3) is 6.95. The highest BCUT2D eigenvalue weighted by atomic mass is 32.2. The Morgan fingerprint density at radius 1 is 1.05 bits per heavy atom. The second kappa shape index (κ2) is 12.6. The first-order valence-corrected chi connectivity index (χ1v) is 14.7. The van der Waals surface area contributed by atoms with Crippen LogP contribution in [0.2, 0.25) is 0 Å². The van der Waals surface area contributed by atoms with E-state index in [0.29, 0.717) is 30.1 Å². The molecule has 2 aromatic rings. The summed E-state index contributed by atoms with van der Waals surface area (Å²) >= 11 is 1.35. The van der Waals surface area contributed by atoms with E-state index in [1.807, 2.05) is 6.92 Å². The Bertz CT molecular complexity index is 1240. The van der Waals surface area contributed by atoms with E-state index in [-0.39, 0.29) is 10.5 Å². The zero-order valence-electron chi connectivity index (χ0n) is 21.7. The summed E-state index contributed by atoms with van der Waals surface area (Å²) in [5.41, 5.74) is 6.19. The van der Waals surface area contributed by atoms with Crippen LogP contribution in [-0.4, -0.2) is 62.0 Å². The van der Waals surface area contributed by atoms with Crippen LogP contribution in [0.15, 0.2) is 29.2 Å². The van der Waals surface area contributed by atoms with Crippen molar-refractivity contribution >= 4 is 44.1 Å². The molecule has 1 aromatic heterocycles. The van der Waals surface area contributed by atoms with Crippen LogP contribution in [0.1, 0.15) is 71.2 Å². The monoisotopic (exact) mass is 549 g/mol. The zero-order valence-corrected chi connectivity index (χ0v) is 23.4. The highest BCUT2D eigenvalue weighted by Gasteiger charge is 2.29. The van der Waals surface area contributed by atoms with E-state index in [2.05, 4.69) is 28.0 Å². The number of anilines is 1. The quantitative estimate of drug-likeness (QED) is 0.391. The van der Waals surface area contributed by atoms with Gasteiger partial charge in [-0.1, -0.05) is 20.3 Å². The first-order chi connectivity index (χ1) is 17.6. The van der Waals surface area contributed by atoms with E-state index in [1.165, 1.54) is 46.8 Å². The van der Waals surface area contributed by atoms with Gasteiger partial charge < -0.3 is 5.32 Å². The smallest absolute Gasteiger partial charge is 0.272 e. The van der Waals surface area contributed by atoms with Crippen LogP contribution in [0.4, 0.5) is 5.00 Å². The number of hydrogen-bond donors (Lipinski definition) is 3. The lowest BCUT2D eigenvalue weighted by atomic mass is 10.0. The van der Waals surface area contributed by atoms with Gasteiger partial charge in [-0.3, -0.25) is 30.1 Å². The van der Waals surface area contributed by atoms with Crippen molar-refractivity contribution in [2.24, 2.45) is 0 Å². The maximum Gasteiger partial charge on any atom is 0.272 e. The van der Waals surface area contributed by atoms with Gasteiger partial charge in [0.15, 0.2) is 0 Å². The number of nitrogens with zero attached hydrogens (tertiary/aromatic N) is 2. The SMILES string of the molecule is CCCCN(C)S(=O)(=O)c1ccc(C(=O)Nc2sc3c(c2C(=O)NNC(C)=O)CCN(CCC)C3)cc1. The van der Waals surface area contributed by atoms with E-state index in [4.69, 9.17) is 0 Å². The molecule has 0 spiro atoms. The number of thiophene rings is 1. The Labute approximate surface area is 222 Å². The van der Waals surface area contributed by atoms with Crippen molar-refractivity contribution in [2.75, 3.05) is 32.0 Å². The van der Waals surface area contributed by atoms with Gasteiger partial charge in [0.1, 0.15) is 5.00 Å². The van der Waals surface area contributed by atoms with Gasteiger partial charge in [0.2, 0.25) is 15.9 Å². The maximum atomic E-state index is 13.1. The number of carbonyl (C=O) groups is 3. The molecule has 0 saturated heterocycles. The van der Waals surface area contributed by atoms with E-state index in [0.717, 1.165) is 42.8 Å². The number of fused-ring (bicyclic) bond motifs is 1. The molecule has 202 valence electrons. The Morgan fingerprint density at radius 3 is 2.38 bits per heavy atom. The molecule has 0 aliphatic carbocycles.